The molecule has 1 saturated carbocycles. The molecule has 0 aromatic heterocycles. The van der Waals surface area contributed by atoms with Gasteiger partial charge in [-0.2, -0.15) is 0 Å². The summed E-state index contributed by atoms with van der Waals surface area (Å²) in [4.78, 5) is 14.7. The van der Waals surface area contributed by atoms with E-state index in [1.807, 2.05) is 35.2 Å². The molecule has 1 saturated heterocycles. The average Bonchev–Trinajstić information content (AvgIpc) is 2.62. The number of nitrogens with zero attached hydrogens (tertiary/aromatic N) is 1. The molecule has 1 aromatic rings. The number of carbonyl (C=O) groups excluding carboxylic acids is 1. The number of halogens is 3. The third kappa shape index (κ3) is 2.38. The Morgan fingerprint density at radius 1 is 1.25 bits per heavy atom. The maximum atomic E-state index is 12.6. The predicted molar refractivity (Wildman–Crippen MR) is 85.3 cm³/mol. The van der Waals surface area contributed by atoms with Crippen LogP contribution in [-0.2, 0) is 11.3 Å². The van der Waals surface area contributed by atoms with Crippen LogP contribution in [0.1, 0.15) is 24.8 Å². The molecule has 2 fully saturated rings. The molecule has 2 nitrogen and oxygen atoms in total. The summed E-state index contributed by atoms with van der Waals surface area (Å²) >= 11 is 16.4. The van der Waals surface area contributed by atoms with Crippen molar-refractivity contribution < 1.29 is 4.79 Å². The van der Waals surface area contributed by atoms with Crippen molar-refractivity contribution in [3.05, 3.63) is 35.9 Å². The summed E-state index contributed by atoms with van der Waals surface area (Å²) in [6.45, 7) is 0.585. The summed E-state index contributed by atoms with van der Waals surface area (Å²) in [5.41, 5.74) is 1.11. The first-order valence-electron chi connectivity index (χ1n) is 6.88. The molecular formula is C15H16BrCl2NO. The van der Waals surface area contributed by atoms with E-state index in [4.69, 9.17) is 23.2 Å². The maximum absolute atomic E-state index is 12.6. The zero-order valence-corrected chi connectivity index (χ0v) is 14.0. The van der Waals surface area contributed by atoms with E-state index in [1.54, 1.807) is 0 Å². The molecule has 1 aliphatic heterocycles. The minimum atomic E-state index is -1.30. The van der Waals surface area contributed by atoms with Gasteiger partial charge >= 0.3 is 0 Å². The van der Waals surface area contributed by atoms with Gasteiger partial charge in [-0.25, -0.2) is 0 Å². The number of fused-ring (bicyclic) bond motifs is 1. The number of likely N-dealkylation sites (tertiary alicyclic amines) is 1. The Morgan fingerprint density at radius 3 is 2.65 bits per heavy atom. The Hall–Kier alpha value is -0.250. The molecule has 0 spiro atoms. The highest BCUT2D eigenvalue weighted by Crippen LogP contribution is 2.51. The van der Waals surface area contributed by atoms with E-state index in [9.17, 15) is 4.79 Å². The Kier molecular flexibility index (Phi) is 4.04. The molecule has 1 heterocycles. The van der Waals surface area contributed by atoms with Crippen molar-refractivity contribution >= 4 is 45.0 Å². The molecule has 20 heavy (non-hydrogen) atoms. The lowest BCUT2D eigenvalue weighted by Gasteiger charge is -2.35. The number of benzene rings is 1. The molecule has 0 radical (unpaired) electrons. The highest BCUT2D eigenvalue weighted by atomic mass is 79.9. The summed E-state index contributed by atoms with van der Waals surface area (Å²) in [7, 11) is 0. The van der Waals surface area contributed by atoms with Gasteiger partial charge in [0.15, 0.2) is 0 Å². The van der Waals surface area contributed by atoms with Crippen LogP contribution in [-0.4, -0.2) is 26.0 Å². The molecule has 1 aliphatic carbocycles. The van der Waals surface area contributed by atoms with Crippen LogP contribution in [0.4, 0.5) is 0 Å². The minimum absolute atomic E-state index is 0.0317. The second-order valence-corrected chi connectivity index (χ2v) is 8.14. The van der Waals surface area contributed by atoms with Gasteiger partial charge in [-0.3, -0.25) is 4.79 Å². The highest BCUT2D eigenvalue weighted by molar-refractivity contribution is 9.09. The quantitative estimate of drug-likeness (QED) is 0.710. The van der Waals surface area contributed by atoms with Crippen molar-refractivity contribution in [2.24, 2.45) is 5.92 Å². The molecule has 1 amide bonds. The molecule has 3 atom stereocenters. The van der Waals surface area contributed by atoms with Crippen LogP contribution in [0.3, 0.4) is 0 Å². The van der Waals surface area contributed by atoms with E-state index in [0.29, 0.717) is 6.54 Å². The van der Waals surface area contributed by atoms with Crippen molar-refractivity contribution in [3.63, 3.8) is 0 Å². The van der Waals surface area contributed by atoms with Crippen molar-refractivity contribution in [1.82, 2.24) is 4.90 Å². The molecule has 108 valence electrons. The fourth-order valence-corrected chi connectivity index (χ4v) is 5.58. The zero-order valence-electron chi connectivity index (χ0n) is 10.9. The number of carbonyl (C=O) groups is 1. The molecule has 0 bridgehead atoms. The lowest BCUT2D eigenvalue weighted by atomic mass is 9.84. The molecular weight excluding hydrogens is 361 g/mol. The van der Waals surface area contributed by atoms with Gasteiger partial charge in [0.1, 0.15) is 0 Å². The molecule has 2 aliphatic rings. The van der Waals surface area contributed by atoms with Gasteiger partial charge in [-0.15, -0.1) is 0 Å². The SMILES string of the molecule is O=C1N(Cc2ccccc2)C2CCC[C@H](Br)C2C1(Cl)Cl. The number of alkyl halides is 3. The van der Waals surface area contributed by atoms with Crippen LogP contribution in [0.2, 0.25) is 0 Å². The normalized spacial score (nSPS) is 32.2. The lowest BCUT2D eigenvalue weighted by molar-refractivity contribution is -0.130. The number of rotatable bonds is 2. The van der Waals surface area contributed by atoms with E-state index >= 15 is 0 Å². The van der Waals surface area contributed by atoms with Crippen LogP contribution in [0.25, 0.3) is 0 Å². The van der Waals surface area contributed by atoms with Gasteiger partial charge in [0, 0.05) is 23.3 Å². The van der Waals surface area contributed by atoms with E-state index in [0.717, 1.165) is 24.8 Å². The second kappa shape index (κ2) is 5.51. The van der Waals surface area contributed by atoms with Gasteiger partial charge in [-0.1, -0.05) is 75.9 Å². The Labute approximate surface area is 137 Å². The fraction of sp³-hybridized carbons (Fsp3) is 0.533. The first-order valence-corrected chi connectivity index (χ1v) is 8.56. The van der Waals surface area contributed by atoms with Gasteiger partial charge in [0.05, 0.1) is 0 Å². The lowest BCUT2D eigenvalue weighted by Crippen LogP contribution is -2.40. The minimum Gasteiger partial charge on any atom is -0.332 e. The topological polar surface area (TPSA) is 20.3 Å². The molecule has 0 N–H and O–H groups in total. The average molecular weight is 377 g/mol. The highest BCUT2D eigenvalue weighted by Gasteiger charge is 2.60. The van der Waals surface area contributed by atoms with Crippen LogP contribution < -0.4 is 0 Å². The van der Waals surface area contributed by atoms with Gasteiger partial charge in [0.2, 0.25) is 4.33 Å². The standard InChI is InChI=1S/C15H16BrCl2NO/c16-11-7-4-8-12-13(11)15(17,18)14(20)19(12)9-10-5-2-1-3-6-10/h1-3,5-6,11-13H,4,7-9H2/t11-,12?,13?/m0/s1. The monoisotopic (exact) mass is 375 g/mol. The van der Waals surface area contributed by atoms with E-state index in [2.05, 4.69) is 15.9 Å². The van der Waals surface area contributed by atoms with E-state index in [1.165, 1.54) is 0 Å². The number of hydrogen-bond acceptors (Lipinski definition) is 1. The third-order valence-corrected chi connectivity index (χ3v) is 6.20. The summed E-state index contributed by atoms with van der Waals surface area (Å²) in [6, 6.07) is 10.1. The van der Waals surface area contributed by atoms with Crippen molar-refractivity contribution in [3.8, 4) is 0 Å². The summed E-state index contributed by atoms with van der Waals surface area (Å²) in [5.74, 6) is -0.179. The first-order chi connectivity index (χ1) is 9.51. The van der Waals surface area contributed by atoms with Crippen molar-refractivity contribution in [2.75, 3.05) is 0 Å². The molecule has 5 heteroatoms. The smallest absolute Gasteiger partial charge is 0.259 e. The van der Waals surface area contributed by atoms with Crippen molar-refractivity contribution in [1.29, 1.82) is 0 Å². The summed E-state index contributed by atoms with van der Waals surface area (Å²) in [5, 5.41) is 0. The van der Waals surface area contributed by atoms with Crippen LogP contribution in [0, 0.1) is 5.92 Å². The van der Waals surface area contributed by atoms with Crippen molar-refractivity contribution in [2.45, 2.75) is 41.0 Å². The summed E-state index contributed by atoms with van der Waals surface area (Å²) < 4.78 is -1.30. The van der Waals surface area contributed by atoms with Gasteiger partial charge in [0.25, 0.3) is 5.91 Å². The van der Waals surface area contributed by atoms with Crippen LogP contribution in [0.5, 0.6) is 0 Å². The molecule has 3 rings (SSSR count). The van der Waals surface area contributed by atoms with Gasteiger partial charge < -0.3 is 4.90 Å². The summed E-state index contributed by atoms with van der Waals surface area (Å²) in [6.07, 6.45) is 3.10. The maximum Gasteiger partial charge on any atom is 0.259 e. The third-order valence-electron chi connectivity index (χ3n) is 4.34. The van der Waals surface area contributed by atoms with E-state index in [-0.39, 0.29) is 22.7 Å². The molecule has 1 aromatic carbocycles. The van der Waals surface area contributed by atoms with E-state index < -0.39 is 4.33 Å². The molecule has 2 unspecified atom stereocenters. The number of hydrogen-bond donors (Lipinski definition) is 0. The fourth-order valence-electron chi connectivity index (χ4n) is 3.39. The number of amides is 1. The second-order valence-electron chi connectivity index (χ2n) is 5.58. The zero-order chi connectivity index (χ0) is 14.3. The first kappa shape index (κ1) is 14.7. The van der Waals surface area contributed by atoms with Gasteiger partial charge in [-0.05, 0) is 18.4 Å². The largest absolute Gasteiger partial charge is 0.332 e. The van der Waals surface area contributed by atoms with Crippen LogP contribution in [0.15, 0.2) is 30.3 Å². The van der Waals surface area contributed by atoms with Crippen LogP contribution >= 0.6 is 39.1 Å². The Morgan fingerprint density at radius 2 is 1.95 bits per heavy atom. The Balaban J connectivity index is 1.89. The Bertz CT molecular complexity index is 508. The predicted octanol–water partition coefficient (Wildman–Crippen LogP) is 4.13.